The SMILES string of the molecule is OCc1ccc(OC(F)(F)[C@H](F)OC(F)(F)F)cc1. The largest absolute Gasteiger partial charge is 0.525 e. The van der Waals surface area contributed by atoms with Gasteiger partial charge in [0.05, 0.1) is 6.61 Å². The van der Waals surface area contributed by atoms with E-state index in [1.165, 1.54) is 12.1 Å². The molecule has 0 unspecified atom stereocenters. The van der Waals surface area contributed by atoms with E-state index >= 15 is 0 Å². The van der Waals surface area contributed by atoms with Crippen LogP contribution in [0.4, 0.5) is 26.3 Å². The van der Waals surface area contributed by atoms with Crippen LogP contribution in [-0.4, -0.2) is 23.9 Å². The second-order valence-corrected chi connectivity index (χ2v) is 3.35. The van der Waals surface area contributed by atoms with Gasteiger partial charge in [-0.05, 0) is 17.7 Å². The Morgan fingerprint density at radius 3 is 2.00 bits per heavy atom. The summed E-state index contributed by atoms with van der Waals surface area (Å²) < 4.78 is 79.7. The van der Waals surface area contributed by atoms with Crippen LogP contribution in [0.25, 0.3) is 0 Å². The summed E-state index contributed by atoms with van der Waals surface area (Å²) in [5.41, 5.74) is 0.360. The van der Waals surface area contributed by atoms with E-state index in [0.717, 1.165) is 12.1 Å². The summed E-state index contributed by atoms with van der Waals surface area (Å²) in [6.45, 7) is -0.362. The van der Waals surface area contributed by atoms with Crippen molar-refractivity contribution in [1.82, 2.24) is 0 Å². The van der Waals surface area contributed by atoms with Gasteiger partial charge in [0.2, 0.25) is 0 Å². The van der Waals surface area contributed by atoms with Crippen LogP contribution in [0.15, 0.2) is 24.3 Å². The normalized spacial score (nSPS) is 14.3. The summed E-state index contributed by atoms with van der Waals surface area (Å²) in [7, 11) is 0. The van der Waals surface area contributed by atoms with E-state index in [0.29, 0.717) is 5.56 Å². The molecule has 0 fully saturated rings. The number of alkyl halides is 6. The van der Waals surface area contributed by atoms with Crippen molar-refractivity contribution in [3.63, 3.8) is 0 Å². The minimum absolute atomic E-state index is 0.360. The molecule has 0 aromatic heterocycles. The van der Waals surface area contributed by atoms with Crippen LogP contribution < -0.4 is 4.74 Å². The van der Waals surface area contributed by atoms with Gasteiger partial charge >= 0.3 is 18.8 Å². The minimum atomic E-state index is -5.55. The van der Waals surface area contributed by atoms with Gasteiger partial charge in [0.25, 0.3) is 0 Å². The highest BCUT2D eigenvalue weighted by Crippen LogP contribution is 2.31. The lowest BCUT2D eigenvalue weighted by Crippen LogP contribution is -2.41. The topological polar surface area (TPSA) is 38.7 Å². The van der Waals surface area contributed by atoms with Crippen molar-refractivity contribution in [3.8, 4) is 5.75 Å². The maximum Gasteiger partial charge on any atom is 0.525 e. The number of aliphatic hydroxyl groups is 1. The molecular formula is C10H8F6O3. The van der Waals surface area contributed by atoms with Crippen molar-refractivity contribution in [3.05, 3.63) is 29.8 Å². The van der Waals surface area contributed by atoms with E-state index in [1.807, 2.05) is 0 Å². The van der Waals surface area contributed by atoms with Crippen molar-refractivity contribution in [2.75, 3.05) is 0 Å². The number of halogens is 6. The van der Waals surface area contributed by atoms with Crippen molar-refractivity contribution in [2.45, 2.75) is 25.4 Å². The van der Waals surface area contributed by atoms with Crippen LogP contribution in [-0.2, 0) is 11.3 Å². The quantitative estimate of drug-likeness (QED) is 0.847. The summed E-state index contributed by atoms with van der Waals surface area (Å²) in [4.78, 5) is 0. The van der Waals surface area contributed by atoms with Gasteiger partial charge in [0, 0.05) is 0 Å². The minimum Gasteiger partial charge on any atom is -0.429 e. The molecular weight excluding hydrogens is 282 g/mol. The molecule has 9 heteroatoms. The van der Waals surface area contributed by atoms with Crippen molar-refractivity contribution in [1.29, 1.82) is 0 Å². The Morgan fingerprint density at radius 1 is 1.05 bits per heavy atom. The fourth-order valence-corrected chi connectivity index (χ4v) is 1.05. The van der Waals surface area contributed by atoms with Crippen LogP contribution in [0.5, 0.6) is 5.75 Å². The standard InChI is InChI=1S/C10H8F6O3/c11-8(19-10(14,15)16)9(12,13)18-7-3-1-6(5-17)2-4-7/h1-4,8,17H,5H2/t8-/m1/s1. The first-order valence-corrected chi connectivity index (χ1v) is 4.79. The fraction of sp³-hybridized carbons (Fsp3) is 0.400. The van der Waals surface area contributed by atoms with E-state index in [9.17, 15) is 26.3 Å². The molecule has 1 aromatic carbocycles. The third-order valence-electron chi connectivity index (χ3n) is 1.86. The summed E-state index contributed by atoms with van der Waals surface area (Å²) in [6.07, 6.45) is -14.4. The fourth-order valence-electron chi connectivity index (χ4n) is 1.05. The molecule has 3 nitrogen and oxygen atoms in total. The Hall–Kier alpha value is -1.48. The van der Waals surface area contributed by atoms with E-state index in [4.69, 9.17) is 5.11 Å². The number of hydrogen-bond acceptors (Lipinski definition) is 3. The van der Waals surface area contributed by atoms with E-state index in [1.54, 1.807) is 0 Å². The van der Waals surface area contributed by atoms with Gasteiger partial charge in [-0.2, -0.15) is 8.78 Å². The molecule has 0 radical (unpaired) electrons. The zero-order valence-electron chi connectivity index (χ0n) is 9.13. The molecule has 19 heavy (non-hydrogen) atoms. The van der Waals surface area contributed by atoms with Gasteiger partial charge < -0.3 is 9.84 Å². The average Bonchev–Trinajstić information content (AvgIpc) is 2.27. The maximum absolute atomic E-state index is 12.9. The monoisotopic (exact) mass is 290 g/mol. The molecule has 0 bridgehead atoms. The summed E-state index contributed by atoms with van der Waals surface area (Å²) >= 11 is 0. The molecule has 0 aliphatic heterocycles. The van der Waals surface area contributed by atoms with Gasteiger partial charge in [-0.25, -0.2) is 9.13 Å². The molecule has 0 saturated carbocycles. The summed E-state index contributed by atoms with van der Waals surface area (Å²) in [5.74, 6) is -0.573. The van der Waals surface area contributed by atoms with Crippen molar-refractivity contribution in [2.24, 2.45) is 0 Å². The Labute approximate surface area is 103 Å². The van der Waals surface area contributed by atoms with Crippen molar-refractivity contribution >= 4 is 0 Å². The molecule has 1 atom stereocenters. The van der Waals surface area contributed by atoms with E-state index in [-0.39, 0.29) is 6.61 Å². The number of benzene rings is 1. The number of hydrogen-bond donors (Lipinski definition) is 1. The predicted molar refractivity (Wildman–Crippen MR) is 50.0 cm³/mol. The van der Waals surface area contributed by atoms with Gasteiger partial charge in [0.15, 0.2) is 0 Å². The van der Waals surface area contributed by atoms with E-state index < -0.39 is 24.6 Å². The van der Waals surface area contributed by atoms with Gasteiger partial charge in [0.1, 0.15) is 5.75 Å². The third kappa shape index (κ3) is 4.95. The first-order chi connectivity index (χ1) is 8.64. The number of ether oxygens (including phenoxy) is 2. The predicted octanol–water partition coefficient (Wildman–Crippen LogP) is 2.98. The van der Waals surface area contributed by atoms with Gasteiger partial charge in [-0.3, -0.25) is 0 Å². The van der Waals surface area contributed by atoms with Crippen LogP contribution in [0.1, 0.15) is 5.56 Å². The van der Waals surface area contributed by atoms with Gasteiger partial charge in [-0.15, -0.1) is 13.2 Å². The Balaban J connectivity index is 2.71. The lowest BCUT2D eigenvalue weighted by atomic mass is 10.2. The molecule has 108 valence electrons. The third-order valence-corrected chi connectivity index (χ3v) is 1.86. The zero-order valence-corrected chi connectivity index (χ0v) is 9.13. The molecule has 0 amide bonds. The molecule has 1 rings (SSSR count). The molecule has 0 heterocycles. The second kappa shape index (κ2) is 5.66. The number of aliphatic hydroxyl groups excluding tert-OH is 1. The molecule has 1 N–H and O–H groups in total. The van der Waals surface area contributed by atoms with E-state index in [2.05, 4.69) is 9.47 Å². The molecule has 0 aliphatic rings. The van der Waals surface area contributed by atoms with Gasteiger partial charge in [-0.1, -0.05) is 12.1 Å². The van der Waals surface area contributed by atoms with Crippen LogP contribution in [0, 0.1) is 0 Å². The first kappa shape index (κ1) is 15.6. The zero-order chi connectivity index (χ0) is 14.7. The lowest BCUT2D eigenvalue weighted by molar-refractivity contribution is -0.411. The molecule has 1 aromatic rings. The van der Waals surface area contributed by atoms with Crippen LogP contribution in [0.2, 0.25) is 0 Å². The summed E-state index contributed by atoms with van der Waals surface area (Å²) in [5, 5.41) is 8.68. The molecule has 0 aliphatic carbocycles. The highest BCUT2D eigenvalue weighted by atomic mass is 19.4. The smallest absolute Gasteiger partial charge is 0.429 e. The average molecular weight is 290 g/mol. The van der Waals surface area contributed by atoms with Crippen LogP contribution in [0.3, 0.4) is 0 Å². The molecule has 0 spiro atoms. The number of rotatable bonds is 5. The Bertz CT molecular complexity index is 403. The highest BCUT2D eigenvalue weighted by molar-refractivity contribution is 5.27. The lowest BCUT2D eigenvalue weighted by Gasteiger charge is -2.22. The highest BCUT2D eigenvalue weighted by Gasteiger charge is 2.50. The Kier molecular flexibility index (Phi) is 4.64. The first-order valence-electron chi connectivity index (χ1n) is 4.79. The maximum atomic E-state index is 12.9. The Morgan fingerprint density at radius 2 is 1.58 bits per heavy atom. The summed E-state index contributed by atoms with van der Waals surface area (Å²) in [6, 6.07) is 4.26. The van der Waals surface area contributed by atoms with Crippen LogP contribution >= 0.6 is 0 Å². The molecule has 0 saturated heterocycles. The second-order valence-electron chi connectivity index (χ2n) is 3.35. The van der Waals surface area contributed by atoms with Crippen molar-refractivity contribution < 1.29 is 40.9 Å².